The molecule has 0 bridgehead atoms. The Balaban J connectivity index is 2.44. The molecule has 0 saturated carbocycles. The Morgan fingerprint density at radius 2 is 2.10 bits per heavy atom. The SMILES string of the molecule is COCCn1cnnc1-c1cc(C(F)(F)F)ccc1Br. The molecule has 1 aromatic heterocycles. The number of ether oxygens (including phenoxy) is 1. The second kappa shape index (κ2) is 5.92. The monoisotopic (exact) mass is 349 g/mol. The van der Waals surface area contributed by atoms with Crippen molar-refractivity contribution in [1.82, 2.24) is 14.8 Å². The van der Waals surface area contributed by atoms with Crippen LogP contribution in [0.15, 0.2) is 29.0 Å². The summed E-state index contributed by atoms with van der Waals surface area (Å²) in [6.45, 7) is 0.878. The van der Waals surface area contributed by atoms with Crippen molar-refractivity contribution in [3.8, 4) is 11.4 Å². The standard InChI is InChI=1S/C12H11BrF3N3O/c1-20-5-4-19-7-17-18-11(19)9-6-8(12(14,15)16)2-3-10(9)13/h2-3,6-7H,4-5H2,1H3. The maximum atomic E-state index is 12.8. The highest BCUT2D eigenvalue weighted by Crippen LogP contribution is 2.35. The topological polar surface area (TPSA) is 39.9 Å². The van der Waals surface area contributed by atoms with Gasteiger partial charge in [0.15, 0.2) is 5.82 Å². The summed E-state index contributed by atoms with van der Waals surface area (Å²) in [5.74, 6) is 0.361. The minimum Gasteiger partial charge on any atom is -0.383 e. The van der Waals surface area contributed by atoms with Gasteiger partial charge in [-0.3, -0.25) is 0 Å². The van der Waals surface area contributed by atoms with Gasteiger partial charge in [-0.25, -0.2) is 0 Å². The predicted molar refractivity (Wildman–Crippen MR) is 70.0 cm³/mol. The van der Waals surface area contributed by atoms with E-state index in [0.29, 0.717) is 29.0 Å². The Kier molecular flexibility index (Phi) is 4.44. The van der Waals surface area contributed by atoms with Crippen LogP contribution in [-0.2, 0) is 17.5 Å². The van der Waals surface area contributed by atoms with E-state index in [1.54, 1.807) is 11.7 Å². The third kappa shape index (κ3) is 3.18. The number of aromatic nitrogens is 3. The lowest BCUT2D eigenvalue weighted by Crippen LogP contribution is -2.07. The van der Waals surface area contributed by atoms with E-state index in [2.05, 4.69) is 26.1 Å². The van der Waals surface area contributed by atoms with Gasteiger partial charge in [-0.15, -0.1) is 10.2 Å². The van der Waals surface area contributed by atoms with Crippen LogP contribution in [0, 0.1) is 0 Å². The molecule has 0 atom stereocenters. The molecule has 0 aliphatic carbocycles. The normalized spacial score (nSPS) is 11.8. The smallest absolute Gasteiger partial charge is 0.383 e. The zero-order valence-corrected chi connectivity index (χ0v) is 12.1. The first-order valence-corrected chi connectivity index (χ1v) is 6.46. The van der Waals surface area contributed by atoms with Crippen molar-refractivity contribution in [1.29, 1.82) is 0 Å². The van der Waals surface area contributed by atoms with E-state index in [4.69, 9.17) is 4.74 Å². The van der Waals surface area contributed by atoms with Crippen LogP contribution >= 0.6 is 15.9 Å². The van der Waals surface area contributed by atoms with Gasteiger partial charge in [0.1, 0.15) is 6.33 Å². The Morgan fingerprint density at radius 3 is 2.75 bits per heavy atom. The molecule has 2 aromatic rings. The number of hydrogen-bond acceptors (Lipinski definition) is 3. The highest BCUT2D eigenvalue weighted by molar-refractivity contribution is 9.10. The number of benzene rings is 1. The van der Waals surface area contributed by atoms with E-state index in [0.717, 1.165) is 12.1 Å². The molecule has 1 heterocycles. The van der Waals surface area contributed by atoms with Gasteiger partial charge in [0.05, 0.1) is 12.2 Å². The number of methoxy groups -OCH3 is 1. The maximum absolute atomic E-state index is 12.8. The molecule has 0 N–H and O–H groups in total. The van der Waals surface area contributed by atoms with Crippen LogP contribution in [0.3, 0.4) is 0 Å². The zero-order valence-electron chi connectivity index (χ0n) is 10.5. The molecular weight excluding hydrogens is 339 g/mol. The number of alkyl halides is 3. The van der Waals surface area contributed by atoms with Crippen molar-refractivity contribution in [2.24, 2.45) is 0 Å². The summed E-state index contributed by atoms with van der Waals surface area (Å²) in [5.41, 5.74) is -0.384. The van der Waals surface area contributed by atoms with Crippen LogP contribution in [0.25, 0.3) is 11.4 Å². The summed E-state index contributed by atoms with van der Waals surface area (Å²) in [4.78, 5) is 0. The molecule has 4 nitrogen and oxygen atoms in total. The van der Waals surface area contributed by atoms with E-state index in [1.165, 1.54) is 12.4 Å². The zero-order chi connectivity index (χ0) is 14.8. The molecule has 0 fully saturated rings. The summed E-state index contributed by atoms with van der Waals surface area (Å²) in [5, 5.41) is 7.62. The summed E-state index contributed by atoms with van der Waals surface area (Å²) in [6.07, 6.45) is -2.94. The summed E-state index contributed by atoms with van der Waals surface area (Å²) in [7, 11) is 1.55. The number of halogens is 4. The average Bonchev–Trinajstić information content (AvgIpc) is 2.83. The van der Waals surface area contributed by atoms with Gasteiger partial charge in [-0.1, -0.05) is 15.9 Å². The van der Waals surface area contributed by atoms with Gasteiger partial charge in [0.2, 0.25) is 0 Å². The van der Waals surface area contributed by atoms with Crippen molar-refractivity contribution < 1.29 is 17.9 Å². The van der Waals surface area contributed by atoms with Crippen molar-refractivity contribution in [3.05, 3.63) is 34.6 Å². The molecule has 2 rings (SSSR count). The second-order valence-electron chi connectivity index (χ2n) is 4.03. The second-order valence-corrected chi connectivity index (χ2v) is 4.89. The van der Waals surface area contributed by atoms with Crippen LogP contribution < -0.4 is 0 Å². The molecule has 108 valence electrons. The fraction of sp³-hybridized carbons (Fsp3) is 0.333. The van der Waals surface area contributed by atoms with Gasteiger partial charge in [-0.2, -0.15) is 13.2 Å². The van der Waals surface area contributed by atoms with Gasteiger partial charge in [0.25, 0.3) is 0 Å². The Hall–Kier alpha value is -1.41. The fourth-order valence-electron chi connectivity index (χ4n) is 1.69. The van der Waals surface area contributed by atoms with Crippen LogP contribution in [-0.4, -0.2) is 28.5 Å². The first kappa shape index (κ1) is 15.0. The quantitative estimate of drug-likeness (QED) is 0.849. The molecule has 0 radical (unpaired) electrons. The van der Waals surface area contributed by atoms with Crippen molar-refractivity contribution in [3.63, 3.8) is 0 Å². The van der Waals surface area contributed by atoms with Crippen molar-refractivity contribution >= 4 is 15.9 Å². The lowest BCUT2D eigenvalue weighted by molar-refractivity contribution is -0.137. The summed E-state index contributed by atoms with van der Waals surface area (Å²) >= 11 is 3.24. The summed E-state index contributed by atoms with van der Waals surface area (Å²) in [6, 6.07) is 3.42. The molecule has 0 spiro atoms. The Morgan fingerprint density at radius 1 is 1.35 bits per heavy atom. The largest absolute Gasteiger partial charge is 0.416 e. The Bertz CT molecular complexity index is 598. The molecule has 0 aliphatic heterocycles. The molecule has 0 unspecified atom stereocenters. The van der Waals surface area contributed by atoms with Gasteiger partial charge in [-0.05, 0) is 18.2 Å². The highest BCUT2D eigenvalue weighted by Gasteiger charge is 2.31. The van der Waals surface area contributed by atoms with Crippen molar-refractivity contribution in [2.75, 3.05) is 13.7 Å². The molecule has 0 amide bonds. The van der Waals surface area contributed by atoms with E-state index >= 15 is 0 Å². The average molecular weight is 350 g/mol. The van der Waals surface area contributed by atoms with E-state index in [1.807, 2.05) is 0 Å². The minimum atomic E-state index is -4.40. The third-order valence-electron chi connectivity index (χ3n) is 2.69. The van der Waals surface area contributed by atoms with E-state index in [9.17, 15) is 13.2 Å². The van der Waals surface area contributed by atoms with Gasteiger partial charge < -0.3 is 9.30 Å². The lowest BCUT2D eigenvalue weighted by Gasteiger charge is -2.11. The highest BCUT2D eigenvalue weighted by atomic mass is 79.9. The maximum Gasteiger partial charge on any atom is 0.416 e. The third-order valence-corrected chi connectivity index (χ3v) is 3.38. The number of rotatable bonds is 4. The van der Waals surface area contributed by atoms with Crippen LogP contribution in [0.5, 0.6) is 0 Å². The van der Waals surface area contributed by atoms with E-state index < -0.39 is 11.7 Å². The van der Waals surface area contributed by atoms with Crippen LogP contribution in [0.4, 0.5) is 13.2 Å². The minimum absolute atomic E-state index is 0.341. The lowest BCUT2D eigenvalue weighted by atomic mass is 10.1. The van der Waals surface area contributed by atoms with Crippen LogP contribution in [0.1, 0.15) is 5.56 Å². The van der Waals surface area contributed by atoms with Crippen molar-refractivity contribution in [2.45, 2.75) is 12.7 Å². The van der Waals surface area contributed by atoms with Gasteiger partial charge >= 0.3 is 6.18 Å². The van der Waals surface area contributed by atoms with Gasteiger partial charge in [0, 0.05) is 23.7 Å². The molecule has 0 aliphatic rings. The molecule has 0 saturated heterocycles. The number of nitrogens with zero attached hydrogens (tertiary/aromatic N) is 3. The molecule has 1 aromatic carbocycles. The number of hydrogen-bond donors (Lipinski definition) is 0. The fourth-order valence-corrected chi connectivity index (χ4v) is 2.11. The predicted octanol–water partition coefficient (Wildman–Crippen LogP) is 3.37. The first-order valence-electron chi connectivity index (χ1n) is 5.67. The van der Waals surface area contributed by atoms with Crippen LogP contribution in [0.2, 0.25) is 0 Å². The van der Waals surface area contributed by atoms with E-state index in [-0.39, 0.29) is 0 Å². The molecule has 8 heteroatoms. The molecular formula is C12H11BrF3N3O. The first-order chi connectivity index (χ1) is 9.43. The Labute approximate surface area is 121 Å². The molecule has 20 heavy (non-hydrogen) atoms. The summed E-state index contributed by atoms with van der Waals surface area (Å²) < 4.78 is 45.4.